The van der Waals surface area contributed by atoms with Crippen LogP contribution in [-0.2, 0) is 32.2 Å². The zero-order chi connectivity index (χ0) is 26.3. The molecule has 0 radical (unpaired) electrons. The van der Waals surface area contributed by atoms with E-state index in [1.807, 2.05) is 61.5 Å². The van der Waals surface area contributed by atoms with E-state index < -0.39 is 30.6 Å². The maximum Gasteiger partial charge on any atom is 0.338 e. The fourth-order valence-corrected chi connectivity index (χ4v) is 4.77. The van der Waals surface area contributed by atoms with Crippen molar-refractivity contribution in [3.05, 3.63) is 120 Å². The van der Waals surface area contributed by atoms with Crippen LogP contribution in [0.15, 0.2) is 103 Å². The molecule has 5 atom stereocenters. The van der Waals surface area contributed by atoms with Gasteiger partial charge in [0.15, 0.2) is 12.4 Å². The number of aliphatic hydroxyl groups is 1. The van der Waals surface area contributed by atoms with E-state index >= 15 is 0 Å². The van der Waals surface area contributed by atoms with Gasteiger partial charge < -0.3 is 24.1 Å². The fraction of sp³-hybridized carbons (Fsp3) is 0.281. The molecule has 4 aromatic rings. The van der Waals surface area contributed by atoms with Crippen LogP contribution in [0.1, 0.15) is 28.4 Å². The number of hydrogen-bond donors (Lipinski definition) is 1. The third-order valence-corrected chi connectivity index (χ3v) is 6.93. The van der Waals surface area contributed by atoms with Crippen molar-refractivity contribution in [2.45, 2.75) is 44.7 Å². The molecule has 0 aromatic heterocycles. The van der Waals surface area contributed by atoms with Crippen LogP contribution >= 0.6 is 0 Å². The lowest BCUT2D eigenvalue weighted by molar-refractivity contribution is -0.282. The van der Waals surface area contributed by atoms with Gasteiger partial charge in [0.2, 0.25) is 0 Å². The van der Waals surface area contributed by atoms with Gasteiger partial charge >= 0.3 is 5.97 Å². The number of benzene rings is 4. The first-order valence-corrected chi connectivity index (χ1v) is 12.9. The maximum absolute atomic E-state index is 12.9. The van der Waals surface area contributed by atoms with E-state index in [0.717, 1.165) is 21.9 Å². The zero-order valence-electron chi connectivity index (χ0n) is 21.3. The lowest BCUT2D eigenvalue weighted by Crippen LogP contribution is -2.57. The summed E-state index contributed by atoms with van der Waals surface area (Å²) in [6, 6.07) is 32.9. The monoisotopic (exact) mass is 512 g/mol. The molecule has 0 spiro atoms. The summed E-state index contributed by atoms with van der Waals surface area (Å²) in [7, 11) is 0. The summed E-state index contributed by atoms with van der Waals surface area (Å²) in [5, 5.41) is 13.2. The molecule has 38 heavy (non-hydrogen) atoms. The summed E-state index contributed by atoms with van der Waals surface area (Å²) < 4.78 is 24.0. The van der Waals surface area contributed by atoms with E-state index in [9.17, 15) is 9.90 Å². The number of hydrogen-bond acceptors (Lipinski definition) is 6. The Hall–Kier alpha value is -3.55. The van der Waals surface area contributed by atoms with Crippen LogP contribution in [0.2, 0.25) is 0 Å². The Morgan fingerprint density at radius 2 is 1.47 bits per heavy atom. The van der Waals surface area contributed by atoms with Crippen LogP contribution in [0.3, 0.4) is 0 Å². The third-order valence-electron chi connectivity index (χ3n) is 6.93. The Kier molecular flexibility index (Phi) is 8.46. The highest BCUT2D eigenvalue weighted by Gasteiger charge is 2.46. The molecule has 1 aliphatic rings. The predicted octanol–water partition coefficient (Wildman–Crippen LogP) is 5.52. The van der Waals surface area contributed by atoms with Gasteiger partial charge in [-0.25, -0.2) is 4.79 Å². The van der Waals surface area contributed by atoms with Crippen molar-refractivity contribution < 1.29 is 28.8 Å². The van der Waals surface area contributed by atoms with E-state index in [-0.39, 0.29) is 12.5 Å². The van der Waals surface area contributed by atoms with Crippen molar-refractivity contribution in [2.75, 3.05) is 6.61 Å². The fourth-order valence-electron chi connectivity index (χ4n) is 4.77. The average molecular weight is 513 g/mol. The summed E-state index contributed by atoms with van der Waals surface area (Å²) in [6.45, 7) is 2.96. The Morgan fingerprint density at radius 3 is 2.24 bits per heavy atom. The molecule has 6 heteroatoms. The maximum atomic E-state index is 12.9. The molecule has 1 saturated heterocycles. The molecule has 1 aliphatic heterocycles. The minimum absolute atomic E-state index is 0.219. The van der Waals surface area contributed by atoms with Gasteiger partial charge in [-0.05, 0) is 40.1 Å². The Balaban J connectivity index is 1.31. The summed E-state index contributed by atoms with van der Waals surface area (Å²) >= 11 is 0. The molecule has 0 amide bonds. The van der Waals surface area contributed by atoms with Crippen molar-refractivity contribution >= 4 is 16.7 Å². The van der Waals surface area contributed by atoms with Gasteiger partial charge in [0.1, 0.15) is 6.10 Å². The minimum Gasteiger partial charge on any atom is -0.451 e. The summed E-state index contributed by atoms with van der Waals surface area (Å²) in [5.41, 5.74) is 2.44. The highest BCUT2D eigenvalue weighted by Crippen LogP contribution is 2.31. The first kappa shape index (κ1) is 26.1. The van der Waals surface area contributed by atoms with Crippen molar-refractivity contribution in [3.8, 4) is 0 Å². The summed E-state index contributed by atoms with van der Waals surface area (Å²) in [6.07, 6.45) is -3.40. The van der Waals surface area contributed by atoms with Crippen molar-refractivity contribution in [1.29, 1.82) is 0 Å². The minimum atomic E-state index is -1.36. The number of carbonyl (C=O) groups is 1. The molecule has 1 heterocycles. The highest BCUT2D eigenvalue weighted by molar-refractivity contribution is 5.89. The Labute approximate surface area is 222 Å². The molecule has 3 unspecified atom stereocenters. The van der Waals surface area contributed by atoms with Gasteiger partial charge in [-0.15, -0.1) is 0 Å². The van der Waals surface area contributed by atoms with Gasteiger partial charge in [-0.1, -0.05) is 91.9 Å². The molecule has 1 fully saturated rings. The Morgan fingerprint density at radius 1 is 0.789 bits per heavy atom. The summed E-state index contributed by atoms with van der Waals surface area (Å²) in [4.78, 5) is 12.9. The zero-order valence-corrected chi connectivity index (χ0v) is 21.3. The van der Waals surface area contributed by atoms with Crippen molar-refractivity contribution in [1.82, 2.24) is 0 Å². The van der Waals surface area contributed by atoms with E-state index in [1.165, 1.54) is 0 Å². The van der Waals surface area contributed by atoms with E-state index in [1.54, 1.807) is 24.3 Å². The number of esters is 1. The topological polar surface area (TPSA) is 74.2 Å². The normalized spacial score (nSPS) is 23.3. The second-order valence-corrected chi connectivity index (χ2v) is 9.62. The molecular formula is C32H32O6. The SMILES string of the molecule is C[C@H]1C(COCc2ccccc2)OC(O)C(OC(=O)c2ccccc2)[C@H]1OCc1ccc2ccccc2c1. The molecular weight excluding hydrogens is 480 g/mol. The smallest absolute Gasteiger partial charge is 0.338 e. The first-order valence-electron chi connectivity index (χ1n) is 12.9. The summed E-state index contributed by atoms with van der Waals surface area (Å²) in [5.74, 6) is -0.758. The molecule has 5 rings (SSSR count). The van der Waals surface area contributed by atoms with Crippen LogP contribution in [-0.4, -0.2) is 42.3 Å². The van der Waals surface area contributed by atoms with Crippen LogP contribution in [0, 0.1) is 5.92 Å². The van der Waals surface area contributed by atoms with Gasteiger partial charge in [-0.3, -0.25) is 0 Å². The van der Waals surface area contributed by atoms with E-state index in [0.29, 0.717) is 18.8 Å². The van der Waals surface area contributed by atoms with Crippen LogP contribution in [0.4, 0.5) is 0 Å². The molecule has 1 N–H and O–H groups in total. The molecule has 196 valence electrons. The Bertz CT molecular complexity index is 1330. The average Bonchev–Trinajstić information content (AvgIpc) is 2.96. The van der Waals surface area contributed by atoms with Crippen molar-refractivity contribution in [2.24, 2.45) is 5.92 Å². The first-order chi connectivity index (χ1) is 18.6. The van der Waals surface area contributed by atoms with Crippen molar-refractivity contribution in [3.63, 3.8) is 0 Å². The second-order valence-electron chi connectivity index (χ2n) is 9.62. The number of aliphatic hydroxyl groups excluding tert-OH is 1. The van der Waals surface area contributed by atoms with Crippen LogP contribution < -0.4 is 0 Å². The molecule has 0 aliphatic carbocycles. The van der Waals surface area contributed by atoms with Crippen LogP contribution in [0.25, 0.3) is 10.8 Å². The molecule has 0 saturated carbocycles. The molecule has 6 nitrogen and oxygen atoms in total. The van der Waals surface area contributed by atoms with Crippen LogP contribution in [0.5, 0.6) is 0 Å². The lowest BCUT2D eigenvalue weighted by atomic mass is 9.90. The van der Waals surface area contributed by atoms with Gasteiger partial charge in [-0.2, -0.15) is 0 Å². The quantitative estimate of drug-likeness (QED) is 0.298. The van der Waals surface area contributed by atoms with Gasteiger partial charge in [0.05, 0.1) is 31.5 Å². The van der Waals surface area contributed by atoms with Gasteiger partial charge in [0.25, 0.3) is 0 Å². The number of fused-ring (bicyclic) bond motifs is 1. The largest absolute Gasteiger partial charge is 0.451 e. The van der Waals surface area contributed by atoms with Gasteiger partial charge in [0, 0.05) is 5.92 Å². The third kappa shape index (κ3) is 6.29. The number of ether oxygens (including phenoxy) is 4. The highest BCUT2D eigenvalue weighted by atomic mass is 16.7. The van der Waals surface area contributed by atoms with E-state index in [2.05, 4.69) is 24.3 Å². The standard InChI is InChI=1S/C32H32O6/c1-22-28(21-35-19-23-10-4-2-5-11-23)37-32(34)30(38-31(33)26-13-6-3-7-14-26)29(22)36-20-24-16-17-25-12-8-9-15-27(25)18-24/h2-18,22,28-30,32,34H,19-21H2,1H3/t22-,28?,29-,30?,32?/m0/s1. The molecule has 0 bridgehead atoms. The number of carbonyl (C=O) groups excluding carboxylic acids is 1. The second kappa shape index (κ2) is 12.3. The number of rotatable bonds is 9. The predicted molar refractivity (Wildman–Crippen MR) is 144 cm³/mol. The molecule has 4 aromatic carbocycles. The lowest BCUT2D eigenvalue weighted by Gasteiger charge is -2.43. The van der Waals surface area contributed by atoms with E-state index in [4.69, 9.17) is 18.9 Å².